The van der Waals surface area contributed by atoms with Crippen LogP contribution in [0, 0.1) is 0 Å². The zero-order valence-electron chi connectivity index (χ0n) is 9.32. The van der Waals surface area contributed by atoms with Crippen molar-refractivity contribution in [3.05, 3.63) is 42.1 Å². The van der Waals surface area contributed by atoms with Crippen molar-refractivity contribution in [3.63, 3.8) is 0 Å². The van der Waals surface area contributed by atoms with E-state index in [-0.39, 0.29) is 0 Å². The van der Waals surface area contributed by atoms with Crippen LogP contribution in [0.5, 0.6) is 0 Å². The molecule has 0 amide bonds. The first-order valence-electron chi connectivity index (χ1n) is 5.80. The minimum Gasteiger partial charge on any atom is -0.256 e. The molecule has 84 valence electrons. The van der Waals surface area contributed by atoms with Gasteiger partial charge >= 0.3 is 0 Å². The van der Waals surface area contributed by atoms with Crippen molar-refractivity contribution in [2.24, 2.45) is 0 Å². The number of benzene rings is 1. The lowest BCUT2D eigenvalue weighted by Crippen LogP contribution is -1.89. The second-order valence-corrected chi connectivity index (χ2v) is 4.41. The Hall–Kier alpha value is -1.08. The lowest BCUT2D eigenvalue weighted by atomic mass is 10.1. The molecule has 1 heterocycles. The number of hydrogen-bond acceptors (Lipinski definition) is 1. The smallest absolute Gasteiger partial charge is 0.0702 e. The Morgan fingerprint density at radius 2 is 1.94 bits per heavy atom. The molecule has 0 atom stereocenters. The molecule has 0 fully saturated rings. The standard InChI is InChI=1S/C14H16ClN/c15-9-5-1-2-6-12-10-13-7-3-4-8-14(13)16-11-12/h3-4,7-8,10-11H,1-2,5-6,9H2. The molecule has 1 aromatic heterocycles. The Morgan fingerprint density at radius 1 is 1.06 bits per heavy atom. The summed E-state index contributed by atoms with van der Waals surface area (Å²) in [6.07, 6.45) is 6.61. The zero-order valence-corrected chi connectivity index (χ0v) is 10.1. The molecular weight excluding hydrogens is 218 g/mol. The van der Waals surface area contributed by atoms with Crippen LogP contribution < -0.4 is 0 Å². The molecule has 0 radical (unpaired) electrons. The van der Waals surface area contributed by atoms with Crippen LogP contribution >= 0.6 is 11.6 Å². The monoisotopic (exact) mass is 233 g/mol. The van der Waals surface area contributed by atoms with Crippen molar-refractivity contribution in [1.82, 2.24) is 4.98 Å². The SMILES string of the molecule is ClCCCCCc1cnc2ccccc2c1. The Bertz CT molecular complexity index is 453. The van der Waals surface area contributed by atoms with Gasteiger partial charge in [0.25, 0.3) is 0 Å². The predicted molar refractivity (Wildman–Crippen MR) is 70.0 cm³/mol. The van der Waals surface area contributed by atoms with Crippen molar-refractivity contribution >= 4 is 22.5 Å². The molecule has 0 spiro atoms. The van der Waals surface area contributed by atoms with Gasteiger partial charge in [-0.05, 0) is 37.0 Å². The second kappa shape index (κ2) is 5.86. The summed E-state index contributed by atoms with van der Waals surface area (Å²) in [6, 6.07) is 10.5. The molecule has 2 heteroatoms. The average molecular weight is 234 g/mol. The fourth-order valence-electron chi connectivity index (χ4n) is 1.85. The molecule has 0 N–H and O–H groups in total. The first kappa shape index (κ1) is 11.4. The Balaban J connectivity index is 2.02. The number of aryl methyl sites for hydroxylation is 1. The summed E-state index contributed by atoms with van der Waals surface area (Å²) in [7, 11) is 0. The van der Waals surface area contributed by atoms with Crippen LogP contribution in [-0.4, -0.2) is 10.9 Å². The van der Waals surface area contributed by atoms with E-state index >= 15 is 0 Å². The van der Waals surface area contributed by atoms with Crippen molar-refractivity contribution in [3.8, 4) is 0 Å². The van der Waals surface area contributed by atoms with E-state index in [0.717, 1.165) is 24.2 Å². The Morgan fingerprint density at radius 3 is 2.81 bits per heavy atom. The maximum atomic E-state index is 5.65. The number of hydrogen-bond donors (Lipinski definition) is 0. The third-order valence-electron chi connectivity index (χ3n) is 2.75. The number of rotatable bonds is 5. The van der Waals surface area contributed by atoms with Gasteiger partial charge in [-0.3, -0.25) is 4.98 Å². The lowest BCUT2D eigenvalue weighted by molar-refractivity contribution is 0.720. The molecule has 1 aromatic carbocycles. The van der Waals surface area contributed by atoms with Gasteiger partial charge in [0, 0.05) is 17.5 Å². The molecule has 2 aromatic rings. The van der Waals surface area contributed by atoms with Crippen LogP contribution in [0.4, 0.5) is 0 Å². The van der Waals surface area contributed by atoms with Gasteiger partial charge in [0.05, 0.1) is 5.52 Å². The molecule has 1 nitrogen and oxygen atoms in total. The van der Waals surface area contributed by atoms with Crippen LogP contribution in [0.2, 0.25) is 0 Å². The number of pyridine rings is 1. The highest BCUT2D eigenvalue weighted by Gasteiger charge is 1.97. The summed E-state index contributed by atoms with van der Waals surface area (Å²) in [6.45, 7) is 0. The Labute approximate surface area is 101 Å². The van der Waals surface area contributed by atoms with Gasteiger partial charge in [-0.25, -0.2) is 0 Å². The van der Waals surface area contributed by atoms with Crippen molar-refractivity contribution < 1.29 is 0 Å². The van der Waals surface area contributed by atoms with Crippen LogP contribution in [0.1, 0.15) is 24.8 Å². The number of nitrogens with zero attached hydrogens (tertiary/aromatic N) is 1. The number of para-hydroxylation sites is 1. The molecule has 0 bridgehead atoms. The molecule has 0 aliphatic carbocycles. The number of aromatic nitrogens is 1. The average Bonchev–Trinajstić information content (AvgIpc) is 2.34. The van der Waals surface area contributed by atoms with E-state index < -0.39 is 0 Å². The van der Waals surface area contributed by atoms with Crippen LogP contribution in [-0.2, 0) is 6.42 Å². The van der Waals surface area contributed by atoms with Gasteiger partial charge in [-0.1, -0.05) is 24.6 Å². The predicted octanol–water partition coefficient (Wildman–Crippen LogP) is 4.19. The van der Waals surface area contributed by atoms with E-state index in [2.05, 4.69) is 23.2 Å². The van der Waals surface area contributed by atoms with Crippen molar-refractivity contribution in [2.45, 2.75) is 25.7 Å². The molecule has 0 saturated heterocycles. The summed E-state index contributed by atoms with van der Waals surface area (Å²) >= 11 is 5.65. The van der Waals surface area contributed by atoms with Crippen molar-refractivity contribution in [1.29, 1.82) is 0 Å². The topological polar surface area (TPSA) is 12.9 Å². The highest BCUT2D eigenvalue weighted by Crippen LogP contribution is 2.14. The number of unbranched alkanes of at least 4 members (excludes halogenated alkanes) is 2. The third kappa shape index (κ3) is 2.96. The molecule has 0 aliphatic heterocycles. The third-order valence-corrected chi connectivity index (χ3v) is 3.01. The maximum absolute atomic E-state index is 5.65. The first-order valence-corrected chi connectivity index (χ1v) is 6.33. The second-order valence-electron chi connectivity index (χ2n) is 4.04. The van der Waals surface area contributed by atoms with E-state index in [9.17, 15) is 0 Å². The zero-order chi connectivity index (χ0) is 11.2. The fraction of sp³-hybridized carbons (Fsp3) is 0.357. The van der Waals surface area contributed by atoms with E-state index in [1.807, 2.05) is 18.3 Å². The molecular formula is C14H16ClN. The van der Waals surface area contributed by atoms with E-state index in [1.54, 1.807) is 0 Å². The van der Waals surface area contributed by atoms with E-state index in [1.165, 1.54) is 23.8 Å². The van der Waals surface area contributed by atoms with Crippen molar-refractivity contribution in [2.75, 3.05) is 5.88 Å². The van der Waals surface area contributed by atoms with Gasteiger partial charge < -0.3 is 0 Å². The van der Waals surface area contributed by atoms with Gasteiger partial charge in [0.15, 0.2) is 0 Å². The number of halogens is 1. The number of fused-ring (bicyclic) bond motifs is 1. The van der Waals surface area contributed by atoms with Crippen LogP contribution in [0.25, 0.3) is 10.9 Å². The largest absolute Gasteiger partial charge is 0.256 e. The van der Waals surface area contributed by atoms with E-state index in [4.69, 9.17) is 11.6 Å². The molecule has 0 aliphatic rings. The summed E-state index contributed by atoms with van der Waals surface area (Å²) in [5.74, 6) is 0.774. The molecule has 0 unspecified atom stereocenters. The minimum atomic E-state index is 0.774. The molecule has 16 heavy (non-hydrogen) atoms. The summed E-state index contributed by atoms with van der Waals surface area (Å²) in [5, 5.41) is 1.23. The Kier molecular flexibility index (Phi) is 4.17. The lowest BCUT2D eigenvalue weighted by Gasteiger charge is -2.02. The van der Waals surface area contributed by atoms with Gasteiger partial charge in [0.2, 0.25) is 0 Å². The summed E-state index contributed by atoms with van der Waals surface area (Å²) in [4.78, 5) is 4.45. The highest BCUT2D eigenvalue weighted by molar-refractivity contribution is 6.17. The molecule has 0 saturated carbocycles. The van der Waals surface area contributed by atoms with Gasteiger partial charge in [-0.2, -0.15) is 0 Å². The van der Waals surface area contributed by atoms with Crippen LogP contribution in [0.15, 0.2) is 36.5 Å². The van der Waals surface area contributed by atoms with Gasteiger partial charge in [-0.15, -0.1) is 11.6 Å². The normalized spacial score (nSPS) is 10.8. The highest BCUT2D eigenvalue weighted by atomic mass is 35.5. The minimum absolute atomic E-state index is 0.774. The van der Waals surface area contributed by atoms with Crippen LogP contribution in [0.3, 0.4) is 0 Å². The summed E-state index contributed by atoms with van der Waals surface area (Å²) in [5.41, 5.74) is 2.40. The first-order chi connectivity index (χ1) is 7.90. The maximum Gasteiger partial charge on any atom is 0.0702 e. The molecule has 2 rings (SSSR count). The van der Waals surface area contributed by atoms with Gasteiger partial charge in [0.1, 0.15) is 0 Å². The number of alkyl halides is 1. The quantitative estimate of drug-likeness (QED) is 0.558. The van der Waals surface area contributed by atoms with E-state index in [0.29, 0.717) is 0 Å². The fourth-order valence-corrected chi connectivity index (χ4v) is 2.04. The summed E-state index contributed by atoms with van der Waals surface area (Å²) < 4.78 is 0.